The standard InChI is InChI=1S/C9H16/c1-5-7-9(4)8(3)6-2/h5-7,9H,1-4H3/b7-5-,8-6+. The van der Waals surface area contributed by atoms with Gasteiger partial charge in [-0.25, -0.2) is 0 Å². The molecule has 0 aliphatic rings. The summed E-state index contributed by atoms with van der Waals surface area (Å²) in [4.78, 5) is 0. The van der Waals surface area contributed by atoms with Gasteiger partial charge in [-0.05, 0) is 26.7 Å². The molecule has 52 valence electrons. The Labute approximate surface area is 58.3 Å². The van der Waals surface area contributed by atoms with Gasteiger partial charge in [0.05, 0.1) is 0 Å². The topological polar surface area (TPSA) is 0 Å². The first-order valence-corrected chi connectivity index (χ1v) is 3.48. The van der Waals surface area contributed by atoms with Gasteiger partial charge in [-0.1, -0.05) is 30.7 Å². The molecule has 0 heteroatoms. The molecule has 1 unspecified atom stereocenters. The molecule has 0 radical (unpaired) electrons. The third-order valence-electron chi connectivity index (χ3n) is 1.65. The fourth-order valence-electron chi connectivity index (χ4n) is 0.703. The van der Waals surface area contributed by atoms with E-state index in [1.165, 1.54) is 5.57 Å². The molecule has 0 N–H and O–H groups in total. The molecule has 0 spiro atoms. The van der Waals surface area contributed by atoms with E-state index in [1.54, 1.807) is 0 Å². The molecule has 0 aromatic rings. The van der Waals surface area contributed by atoms with Crippen molar-refractivity contribution < 1.29 is 0 Å². The normalized spacial score (nSPS) is 16.7. The maximum atomic E-state index is 2.20. The molecule has 0 amide bonds. The second-order valence-corrected chi connectivity index (χ2v) is 2.35. The zero-order valence-electron chi connectivity index (χ0n) is 6.81. The highest BCUT2D eigenvalue weighted by molar-refractivity contribution is 5.07. The molecular weight excluding hydrogens is 108 g/mol. The number of rotatable bonds is 2. The van der Waals surface area contributed by atoms with Crippen molar-refractivity contribution in [2.45, 2.75) is 27.7 Å². The van der Waals surface area contributed by atoms with E-state index in [4.69, 9.17) is 0 Å². The predicted octanol–water partition coefficient (Wildman–Crippen LogP) is 3.16. The SMILES string of the molecule is C/C=C\C(C)/C(C)=C/C. The van der Waals surface area contributed by atoms with E-state index in [1.807, 2.05) is 0 Å². The highest BCUT2D eigenvalue weighted by Crippen LogP contribution is 2.09. The molecule has 0 aromatic carbocycles. The summed E-state index contributed by atoms with van der Waals surface area (Å²) in [5.74, 6) is 0.611. The summed E-state index contributed by atoms with van der Waals surface area (Å²) in [6, 6.07) is 0. The highest BCUT2D eigenvalue weighted by atomic mass is 14.0. The van der Waals surface area contributed by atoms with E-state index < -0.39 is 0 Å². The fourth-order valence-corrected chi connectivity index (χ4v) is 0.703. The van der Waals surface area contributed by atoms with Gasteiger partial charge in [-0.15, -0.1) is 0 Å². The summed E-state index contributed by atoms with van der Waals surface area (Å²) in [7, 11) is 0. The Morgan fingerprint density at radius 2 is 1.89 bits per heavy atom. The summed E-state index contributed by atoms with van der Waals surface area (Å²) in [5.41, 5.74) is 1.44. The third-order valence-corrected chi connectivity index (χ3v) is 1.65. The first kappa shape index (κ1) is 8.48. The Bertz CT molecular complexity index is 118. The van der Waals surface area contributed by atoms with Gasteiger partial charge in [-0.2, -0.15) is 0 Å². The Morgan fingerprint density at radius 1 is 1.33 bits per heavy atom. The lowest BCUT2D eigenvalue weighted by Crippen LogP contribution is -1.89. The van der Waals surface area contributed by atoms with E-state index in [0.29, 0.717) is 5.92 Å². The molecule has 0 rings (SSSR count). The van der Waals surface area contributed by atoms with Crippen LogP contribution in [0.5, 0.6) is 0 Å². The average Bonchev–Trinajstić information content (AvgIpc) is 1.87. The first-order chi connectivity index (χ1) is 4.22. The van der Waals surface area contributed by atoms with Crippen molar-refractivity contribution in [3.8, 4) is 0 Å². The minimum absolute atomic E-state index is 0.611. The predicted molar refractivity (Wildman–Crippen MR) is 43.4 cm³/mol. The van der Waals surface area contributed by atoms with Gasteiger partial charge < -0.3 is 0 Å². The molecule has 0 saturated heterocycles. The second kappa shape index (κ2) is 4.37. The summed E-state index contributed by atoms with van der Waals surface area (Å²) in [6.07, 6.45) is 6.46. The van der Waals surface area contributed by atoms with Crippen LogP contribution in [0, 0.1) is 5.92 Å². The zero-order chi connectivity index (χ0) is 7.28. The second-order valence-electron chi connectivity index (χ2n) is 2.35. The molecule has 1 atom stereocenters. The first-order valence-electron chi connectivity index (χ1n) is 3.48. The van der Waals surface area contributed by atoms with Crippen LogP contribution in [0.2, 0.25) is 0 Å². The summed E-state index contributed by atoms with van der Waals surface area (Å²) >= 11 is 0. The number of allylic oxidation sites excluding steroid dienone is 4. The van der Waals surface area contributed by atoms with Crippen LogP contribution < -0.4 is 0 Å². The van der Waals surface area contributed by atoms with Crippen LogP contribution in [-0.4, -0.2) is 0 Å². The fraction of sp³-hybridized carbons (Fsp3) is 0.556. The summed E-state index contributed by atoms with van der Waals surface area (Å²) in [5, 5.41) is 0. The van der Waals surface area contributed by atoms with Crippen LogP contribution in [0.1, 0.15) is 27.7 Å². The van der Waals surface area contributed by atoms with Gasteiger partial charge >= 0.3 is 0 Å². The van der Waals surface area contributed by atoms with Crippen LogP contribution in [-0.2, 0) is 0 Å². The number of hydrogen-bond donors (Lipinski definition) is 0. The van der Waals surface area contributed by atoms with Gasteiger partial charge in [0.15, 0.2) is 0 Å². The van der Waals surface area contributed by atoms with Crippen LogP contribution in [0.4, 0.5) is 0 Å². The zero-order valence-corrected chi connectivity index (χ0v) is 6.81. The Kier molecular flexibility index (Phi) is 4.12. The average molecular weight is 124 g/mol. The van der Waals surface area contributed by atoms with Gasteiger partial charge in [-0.3, -0.25) is 0 Å². The molecule has 0 nitrogen and oxygen atoms in total. The number of hydrogen-bond acceptors (Lipinski definition) is 0. The molecule has 0 heterocycles. The molecule has 0 aliphatic carbocycles. The summed E-state index contributed by atoms with van der Waals surface area (Å²) < 4.78 is 0. The molecule has 9 heavy (non-hydrogen) atoms. The van der Waals surface area contributed by atoms with Crippen molar-refractivity contribution in [3.05, 3.63) is 23.8 Å². The van der Waals surface area contributed by atoms with Crippen molar-refractivity contribution in [1.82, 2.24) is 0 Å². The molecule has 0 aliphatic heterocycles. The van der Waals surface area contributed by atoms with Gasteiger partial charge in [0.25, 0.3) is 0 Å². The van der Waals surface area contributed by atoms with Crippen LogP contribution >= 0.6 is 0 Å². The Balaban J connectivity index is 3.88. The lowest BCUT2D eigenvalue weighted by molar-refractivity contribution is 0.858. The van der Waals surface area contributed by atoms with Crippen LogP contribution in [0.3, 0.4) is 0 Å². The summed E-state index contributed by atoms with van der Waals surface area (Å²) in [6.45, 7) is 8.49. The maximum absolute atomic E-state index is 2.20. The van der Waals surface area contributed by atoms with E-state index in [0.717, 1.165) is 0 Å². The Hall–Kier alpha value is -0.520. The molecule has 0 fully saturated rings. The van der Waals surface area contributed by atoms with Crippen LogP contribution in [0.15, 0.2) is 23.8 Å². The largest absolute Gasteiger partial charge is 0.0911 e. The smallest absolute Gasteiger partial charge is 0.00546 e. The van der Waals surface area contributed by atoms with Gasteiger partial charge in [0.1, 0.15) is 0 Å². The minimum atomic E-state index is 0.611. The monoisotopic (exact) mass is 124 g/mol. The van der Waals surface area contributed by atoms with Crippen molar-refractivity contribution in [3.63, 3.8) is 0 Å². The van der Waals surface area contributed by atoms with E-state index in [2.05, 4.69) is 45.9 Å². The van der Waals surface area contributed by atoms with Crippen molar-refractivity contribution in [2.24, 2.45) is 5.92 Å². The van der Waals surface area contributed by atoms with E-state index in [-0.39, 0.29) is 0 Å². The molecule has 0 aromatic heterocycles. The minimum Gasteiger partial charge on any atom is -0.0911 e. The van der Waals surface area contributed by atoms with Crippen molar-refractivity contribution in [2.75, 3.05) is 0 Å². The van der Waals surface area contributed by atoms with E-state index in [9.17, 15) is 0 Å². The van der Waals surface area contributed by atoms with Crippen molar-refractivity contribution >= 4 is 0 Å². The lowest BCUT2D eigenvalue weighted by Gasteiger charge is -2.03. The van der Waals surface area contributed by atoms with Gasteiger partial charge in [0.2, 0.25) is 0 Å². The molecule has 0 bridgehead atoms. The third kappa shape index (κ3) is 3.12. The highest BCUT2D eigenvalue weighted by Gasteiger charge is 1.94. The van der Waals surface area contributed by atoms with Gasteiger partial charge in [0, 0.05) is 0 Å². The molecular formula is C9H16. The van der Waals surface area contributed by atoms with Crippen LogP contribution in [0.25, 0.3) is 0 Å². The quantitative estimate of drug-likeness (QED) is 0.496. The lowest BCUT2D eigenvalue weighted by atomic mass is 10.0. The maximum Gasteiger partial charge on any atom is -0.00546 e. The Morgan fingerprint density at radius 3 is 2.22 bits per heavy atom. The van der Waals surface area contributed by atoms with Crippen molar-refractivity contribution in [1.29, 1.82) is 0 Å². The molecule has 0 saturated carbocycles. The van der Waals surface area contributed by atoms with E-state index >= 15 is 0 Å².